The number of ether oxygens (including phenoxy) is 2. The normalized spacial score (nSPS) is 11.4. The molecule has 0 aliphatic carbocycles. The summed E-state index contributed by atoms with van der Waals surface area (Å²) in [5.74, 6) is 1.52. The lowest BCUT2D eigenvalue weighted by Crippen LogP contribution is -2.02. The van der Waals surface area contributed by atoms with Crippen molar-refractivity contribution in [1.82, 2.24) is 20.4 Å². The van der Waals surface area contributed by atoms with Gasteiger partial charge in [-0.25, -0.2) is 8.42 Å². The molecular weight excluding hydrogens is 633 g/mol. The van der Waals surface area contributed by atoms with E-state index in [-0.39, 0.29) is 9.79 Å². The topological polar surface area (TPSA) is 104 Å². The fourth-order valence-electron chi connectivity index (χ4n) is 5.66. The first kappa shape index (κ1) is 29.9. The van der Waals surface area contributed by atoms with Crippen molar-refractivity contribution in [3.05, 3.63) is 158 Å². The second kappa shape index (κ2) is 12.6. The maximum atomic E-state index is 13.5. The summed E-state index contributed by atoms with van der Waals surface area (Å²) in [5, 5.41) is 21.0. The molecule has 2 heterocycles. The molecule has 0 saturated heterocycles. The van der Waals surface area contributed by atoms with E-state index in [4.69, 9.17) is 9.47 Å². The summed E-state index contributed by atoms with van der Waals surface area (Å²) >= 11 is 0. The van der Waals surface area contributed by atoms with Crippen molar-refractivity contribution < 1.29 is 17.9 Å². The van der Waals surface area contributed by atoms with Gasteiger partial charge in [-0.2, -0.15) is 0 Å². The second-order valence-electron chi connectivity index (χ2n) is 11.2. The number of nitrogens with zero attached hydrogens (tertiary/aromatic N) is 4. The lowest BCUT2D eigenvalue weighted by molar-refractivity contribution is 0.461. The van der Waals surface area contributed by atoms with E-state index in [9.17, 15) is 8.42 Å². The van der Waals surface area contributed by atoms with Crippen molar-refractivity contribution >= 4 is 31.4 Å². The zero-order valence-electron chi connectivity index (χ0n) is 25.8. The number of benzene rings is 6. The molecule has 0 aliphatic rings. The van der Waals surface area contributed by atoms with Crippen LogP contribution in [0.5, 0.6) is 23.3 Å². The summed E-state index contributed by atoms with van der Waals surface area (Å²) in [7, 11) is -3.83. The van der Waals surface area contributed by atoms with Crippen LogP contribution >= 0.6 is 0 Å². The lowest BCUT2D eigenvalue weighted by Gasteiger charge is -2.12. The number of fused-ring (bicyclic) bond motifs is 2. The number of hydrogen-bond acceptors (Lipinski definition) is 8. The molecule has 8 nitrogen and oxygen atoms in total. The smallest absolute Gasteiger partial charge is 0.246 e. The van der Waals surface area contributed by atoms with Crippen molar-refractivity contribution in [1.29, 1.82) is 0 Å². The van der Waals surface area contributed by atoms with Crippen molar-refractivity contribution in [3.63, 3.8) is 0 Å². The Morgan fingerprint density at radius 3 is 1.10 bits per heavy atom. The predicted octanol–water partition coefficient (Wildman–Crippen LogP) is 9.32. The largest absolute Gasteiger partial charge is 0.437 e. The molecule has 8 rings (SSSR count). The number of sulfone groups is 1. The minimum atomic E-state index is -3.83. The van der Waals surface area contributed by atoms with E-state index in [1.54, 1.807) is 24.3 Å². The maximum Gasteiger partial charge on any atom is 0.246 e. The summed E-state index contributed by atoms with van der Waals surface area (Å²) < 4.78 is 39.3. The first-order valence-corrected chi connectivity index (χ1v) is 17.0. The molecule has 49 heavy (non-hydrogen) atoms. The molecule has 0 radical (unpaired) electrons. The van der Waals surface area contributed by atoms with Gasteiger partial charge in [0.2, 0.25) is 21.6 Å². The van der Waals surface area contributed by atoms with Crippen LogP contribution in [-0.4, -0.2) is 28.8 Å². The summed E-state index contributed by atoms with van der Waals surface area (Å²) in [5.41, 5.74) is 3.41. The highest BCUT2D eigenvalue weighted by Crippen LogP contribution is 2.35. The van der Waals surface area contributed by atoms with Gasteiger partial charge >= 0.3 is 0 Å². The van der Waals surface area contributed by atoms with Crippen LogP contribution in [0.25, 0.3) is 44.1 Å². The van der Waals surface area contributed by atoms with Crippen LogP contribution in [-0.2, 0) is 9.84 Å². The van der Waals surface area contributed by atoms with Gasteiger partial charge in [0, 0.05) is 32.7 Å². The summed E-state index contributed by atoms with van der Waals surface area (Å²) in [6, 6.07) is 47.6. The van der Waals surface area contributed by atoms with Crippen molar-refractivity contribution in [2.24, 2.45) is 0 Å². The Kier molecular flexibility index (Phi) is 7.71. The Bertz CT molecular complexity index is 2370. The van der Waals surface area contributed by atoms with Crippen molar-refractivity contribution in [2.45, 2.75) is 9.79 Å². The van der Waals surface area contributed by atoms with Crippen LogP contribution < -0.4 is 9.47 Å². The molecule has 8 aromatic rings. The van der Waals surface area contributed by atoms with Crippen LogP contribution in [0.2, 0.25) is 0 Å². The molecule has 0 fully saturated rings. The van der Waals surface area contributed by atoms with Crippen LogP contribution in [0.1, 0.15) is 0 Å². The zero-order chi connectivity index (χ0) is 33.2. The SMILES string of the molecule is O=S(=O)(c1ccc(Oc2nnc(-c3ccccc3)c3ccccc23)cc1)c1ccc(Oc2nnc(-c3ccccc3)c3ccccc23)cc1. The van der Waals surface area contributed by atoms with Crippen LogP contribution in [0, 0.1) is 0 Å². The van der Waals surface area contributed by atoms with Crippen LogP contribution in [0.4, 0.5) is 0 Å². The summed E-state index contributed by atoms with van der Waals surface area (Å²) in [6.45, 7) is 0. The first-order chi connectivity index (χ1) is 24.0. The fraction of sp³-hybridized carbons (Fsp3) is 0. The van der Waals surface area contributed by atoms with Crippen molar-refractivity contribution in [3.8, 4) is 45.8 Å². The van der Waals surface area contributed by atoms with Crippen molar-refractivity contribution in [2.75, 3.05) is 0 Å². The number of rotatable bonds is 8. The van der Waals surface area contributed by atoms with Gasteiger partial charge in [-0.3, -0.25) is 0 Å². The Labute approximate surface area is 282 Å². The highest BCUT2D eigenvalue weighted by Gasteiger charge is 2.19. The Morgan fingerprint density at radius 1 is 0.367 bits per heavy atom. The molecule has 2 aromatic heterocycles. The molecule has 0 bridgehead atoms. The molecular formula is C40H26N4O4S. The molecule has 9 heteroatoms. The van der Waals surface area contributed by atoms with Gasteiger partial charge in [-0.15, -0.1) is 20.4 Å². The molecule has 0 atom stereocenters. The Hall–Kier alpha value is -6.45. The van der Waals surface area contributed by atoms with E-state index in [0.717, 1.165) is 44.1 Å². The average molecular weight is 659 g/mol. The quantitative estimate of drug-likeness (QED) is 0.159. The van der Waals surface area contributed by atoms with E-state index in [1.165, 1.54) is 24.3 Å². The molecule has 236 valence electrons. The van der Waals surface area contributed by atoms with E-state index in [0.29, 0.717) is 23.3 Å². The van der Waals surface area contributed by atoms with Gasteiger partial charge < -0.3 is 9.47 Å². The minimum absolute atomic E-state index is 0.122. The van der Waals surface area contributed by atoms with Gasteiger partial charge in [-0.1, -0.05) is 97.1 Å². The zero-order valence-corrected chi connectivity index (χ0v) is 26.7. The Balaban J connectivity index is 1.01. The molecule has 0 N–H and O–H groups in total. The average Bonchev–Trinajstić information content (AvgIpc) is 3.16. The summed E-state index contributed by atoms with van der Waals surface area (Å²) in [6.07, 6.45) is 0. The van der Waals surface area contributed by atoms with Gasteiger partial charge in [-0.05, 0) is 60.7 Å². The third-order valence-electron chi connectivity index (χ3n) is 8.10. The summed E-state index contributed by atoms with van der Waals surface area (Å²) in [4.78, 5) is 0.245. The monoisotopic (exact) mass is 658 g/mol. The van der Waals surface area contributed by atoms with Crippen LogP contribution in [0.3, 0.4) is 0 Å². The van der Waals surface area contributed by atoms with E-state index >= 15 is 0 Å². The third kappa shape index (κ3) is 5.83. The molecule has 0 spiro atoms. The molecule has 0 saturated carbocycles. The Morgan fingerprint density at radius 2 is 0.714 bits per heavy atom. The highest BCUT2D eigenvalue weighted by molar-refractivity contribution is 7.91. The van der Waals surface area contributed by atoms with E-state index in [1.807, 2.05) is 109 Å². The van der Waals surface area contributed by atoms with E-state index < -0.39 is 9.84 Å². The third-order valence-corrected chi connectivity index (χ3v) is 9.88. The minimum Gasteiger partial charge on any atom is -0.437 e. The van der Waals surface area contributed by atoms with Gasteiger partial charge in [0.1, 0.15) is 22.9 Å². The second-order valence-corrected chi connectivity index (χ2v) is 13.1. The molecule has 0 unspecified atom stereocenters. The fourth-order valence-corrected chi connectivity index (χ4v) is 6.92. The van der Waals surface area contributed by atoms with Crippen LogP contribution in [0.15, 0.2) is 168 Å². The van der Waals surface area contributed by atoms with Gasteiger partial charge in [0.25, 0.3) is 0 Å². The molecule has 0 amide bonds. The van der Waals surface area contributed by atoms with E-state index in [2.05, 4.69) is 20.4 Å². The molecule has 0 aliphatic heterocycles. The van der Waals surface area contributed by atoms with Gasteiger partial charge in [0.15, 0.2) is 0 Å². The maximum absolute atomic E-state index is 13.5. The lowest BCUT2D eigenvalue weighted by atomic mass is 10.1. The highest BCUT2D eigenvalue weighted by atomic mass is 32.2. The molecule has 6 aromatic carbocycles. The standard InChI is InChI=1S/C40H26N4O4S/c45-49(46,31-23-19-29(20-24-31)47-39-35-17-9-7-15-33(35)37(41-43-39)27-11-3-1-4-12-27)32-25-21-30(22-26-32)48-40-36-18-10-8-16-34(36)38(42-44-40)28-13-5-2-6-14-28/h1-26H. The first-order valence-electron chi connectivity index (χ1n) is 15.5. The van der Waals surface area contributed by atoms with Gasteiger partial charge in [0.05, 0.1) is 9.79 Å². The number of hydrogen-bond donors (Lipinski definition) is 0. The number of aromatic nitrogens is 4. The predicted molar refractivity (Wildman–Crippen MR) is 188 cm³/mol.